The van der Waals surface area contributed by atoms with E-state index in [1.54, 1.807) is 16.7 Å². The maximum atomic E-state index is 12.2. The van der Waals surface area contributed by atoms with Gasteiger partial charge in [0.1, 0.15) is 6.10 Å². The van der Waals surface area contributed by atoms with Gasteiger partial charge < -0.3 is 20.8 Å². The predicted octanol–water partition coefficient (Wildman–Crippen LogP) is 0.692. The van der Waals surface area contributed by atoms with Crippen LogP contribution in [0.4, 0.5) is 0 Å². The van der Waals surface area contributed by atoms with Crippen molar-refractivity contribution in [2.24, 2.45) is 10.8 Å². The third-order valence-electron chi connectivity index (χ3n) is 5.95. The van der Waals surface area contributed by atoms with Crippen molar-refractivity contribution in [3.63, 3.8) is 0 Å². The Labute approximate surface area is 208 Å². The van der Waals surface area contributed by atoms with Crippen LogP contribution < -0.4 is 5.73 Å². The molecule has 3 aromatic rings. The van der Waals surface area contributed by atoms with E-state index in [9.17, 15) is 14.7 Å². The number of fused-ring (bicyclic) bond motifs is 1. The van der Waals surface area contributed by atoms with Crippen LogP contribution in [0.15, 0.2) is 47.6 Å². The quantitative estimate of drug-likeness (QED) is 0.299. The van der Waals surface area contributed by atoms with Gasteiger partial charge in [0.25, 0.3) is 5.91 Å². The third kappa shape index (κ3) is 5.54. The maximum Gasteiger partial charge on any atom is 0.269 e. The zero-order valence-electron chi connectivity index (χ0n) is 19.9. The summed E-state index contributed by atoms with van der Waals surface area (Å²) in [5, 5.41) is 30.5. The number of benzene rings is 2. The van der Waals surface area contributed by atoms with E-state index >= 15 is 0 Å². The zero-order chi connectivity index (χ0) is 25.7. The SMILES string of the molecule is CN(C=O)CCC(O)C#Cc1cccc(-n2nc(C(N)=O)c3cc(C4C=NN(CCO)C4)ccc32)c1. The molecule has 1 aliphatic rings. The van der Waals surface area contributed by atoms with Crippen molar-refractivity contribution in [3.8, 4) is 17.5 Å². The molecular weight excluding hydrogens is 460 g/mol. The molecule has 0 saturated heterocycles. The number of aliphatic hydroxyl groups excluding tert-OH is 2. The molecule has 10 heteroatoms. The Morgan fingerprint density at radius 1 is 1.33 bits per heavy atom. The van der Waals surface area contributed by atoms with E-state index in [2.05, 4.69) is 22.0 Å². The highest BCUT2D eigenvalue weighted by Gasteiger charge is 2.22. The van der Waals surface area contributed by atoms with E-state index in [1.165, 1.54) is 4.90 Å². The minimum Gasteiger partial charge on any atom is -0.394 e. The second-order valence-electron chi connectivity index (χ2n) is 8.62. The monoisotopic (exact) mass is 488 g/mol. The molecular formula is C26H28N6O4. The summed E-state index contributed by atoms with van der Waals surface area (Å²) in [5.74, 6) is 5.16. The predicted molar refractivity (Wildman–Crippen MR) is 136 cm³/mol. The molecule has 2 amide bonds. The van der Waals surface area contributed by atoms with Gasteiger partial charge in [0.05, 0.1) is 24.4 Å². The first-order chi connectivity index (χ1) is 17.4. The number of amides is 2. The van der Waals surface area contributed by atoms with Gasteiger partial charge in [-0.3, -0.25) is 14.6 Å². The number of aliphatic hydroxyl groups is 2. The molecule has 1 aliphatic heterocycles. The third-order valence-corrected chi connectivity index (χ3v) is 5.95. The van der Waals surface area contributed by atoms with E-state index < -0.39 is 12.0 Å². The number of hydrazone groups is 1. The fraction of sp³-hybridized carbons (Fsp3) is 0.308. The van der Waals surface area contributed by atoms with Crippen molar-refractivity contribution in [2.75, 3.05) is 33.3 Å². The fourth-order valence-corrected chi connectivity index (χ4v) is 4.03. The van der Waals surface area contributed by atoms with Crippen LogP contribution in [0.1, 0.15) is 34.0 Å². The highest BCUT2D eigenvalue weighted by Crippen LogP contribution is 2.28. The summed E-state index contributed by atoms with van der Waals surface area (Å²) in [6.07, 6.45) is 2.02. The number of hydrogen-bond acceptors (Lipinski definition) is 7. The summed E-state index contributed by atoms with van der Waals surface area (Å²) in [4.78, 5) is 24.3. The molecule has 0 saturated carbocycles. The molecule has 0 spiro atoms. The molecule has 0 fully saturated rings. The average Bonchev–Trinajstić information content (AvgIpc) is 3.51. The molecule has 2 heterocycles. The Bertz CT molecular complexity index is 1360. The van der Waals surface area contributed by atoms with Gasteiger partial charge in [-0.25, -0.2) is 4.68 Å². The minimum atomic E-state index is -0.867. The molecule has 0 bridgehead atoms. The number of β-amino-alcohol motifs (C(OH)–C–C–N with tert-alkyl or cyclic N) is 1. The van der Waals surface area contributed by atoms with Crippen molar-refractivity contribution < 1.29 is 19.8 Å². The first-order valence-corrected chi connectivity index (χ1v) is 11.6. The normalized spacial score (nSPS) is 15.5. The maximum absolute atomic E-state index is 12.2. The van der Waals surface area contributed by atoms with Crippen molar-refractivity contribution >= 4 is 29.4 Å². The standard InChI is InChI=1S/C26H28N6O4/c1-30(17-34)10-9-22(35)7-5-18-3-2-4-21(13-18)32-24-8-6-19(14-23(24)25(29-32)26(27)36)20-15-28-31(16-20)11-12-33/h2-4,6,8,13-15,17,20,22,33,35H,9-12,16H2,1H3,(H2,27,36). The number of hydrogen-bond donors (Lipinski definition) is 3. The van der Waals surface area contributed by atoms with Crippen LogP contribution in [-0.4, -0.2) is 87.8 Å². The molecule has 2 unspecified atom stereocenters. The number of aromatic nitrogens is 2. The first-order valence-electron chi connectivity index (χ1n) is 11.6. The summed E-state index contributed by atoms with van der Waals surface area (Å²) >= 11 is 0. The van der Waals surface area contributed by atoms with E-state index in [4.69, 9.17) is 10.8 Å². The van der Waals surface area contributed by atoms with Gasteiger partial charge in [-0.2, -0.15) is 10.2 Å². The number of nitrogens with zero attached hydrogens (tertiary/aromatic N) is 5. The van der Waals surface area contributed by atoms with Gasteiger partial charge in [-0.15, -0.1) is 0 Å². The topological polar surface area (TPSA) is 137 Å². The Kier molecular flexibility index (Phi) is 7.63. The summed E-state index contributed by atoms with van der Waals surface area (Å²) in [6.45, 7) is 1.54. The van der Waals surface area contributed by atoms with E-state index in [0.717, 1.165) is 11.1 Å². The average molecular weight is 489 g/mol. The molecule has 0 aliphatic carbocycles. The van der Waals surface area contributed by atoms with Crippen LogP contribution in [0, 0.1) is 11.8 Å². The lowest BCUT2D eigenvalue weighted by atomic mass is 9.98. The summed E-state index contributed by atoms with van der Waals surface area (Å²) < 4.78 is 1.65. The largest absolute Gasteiger partial charge is 0.394 e. The van der Waals surface area contributed by atoms with Crippen molar-refractivity contribution in [1.82, 2.24) is 19.7 Å². The van der Waals surface area contributed by atoms with Crippen molar-refractivity contribution in [3.05, 3.63) is 59.3 Å². The second-order valence-corrected chi connectivity index (χ2v) is 8.62. The number of primary amides is 1. The zero-order valence-corrected chi connectivity index (χ0v) is 19.9. The highest BCUT2D eigenvalue weighted by atomic mass is 16.3. The van der Waals surface area contributed by atoms with Crippen LogP contribution in [0.25, 0.3) is 16.6 Å². The van der Waals surface area contributed by atoms with Crippen LogP contribution in [-0.2, 0) is 4.79 Å². The fourth-order valence-electron chi connectivity index (χ4n) is 4.03. The molecule has 36 heavy (non-hydrogen) atoms. The number of carbonyl (C=O) groups is 2. The summed E-state index contributed by atoms with van der Waals surface area (Å²) in [7, 11) is 1.64. The van der Waals surface area contributed by atoms with Gasteiger partial charge in [0.2, 0.25) is 6.41 Å². The number of rotatable bonds is 9. The lowest BCUT2D eigenvalue weighted by Gasteiger charge is -2.14. The first kappa shape index (κ1) is 24.9. The molecule has 4 rings (SSSR count). The van der Waals surface area contributed by atoms with E-state index in [0.29, 0.717) is 49.1 Å². The van der Waals surface area contributed by atoms with Gasteiger partial charge in [-0.05, 0) is 35.9 Å². The smallest absolute Gasteiger partial charge is 0.269 e. The van der Waals surface area contributed by atoms with Gasteiger partial charge >= 0.3 is 0 Å². The van der Waals surface area contributed by atoms with Gasteiger partial charge in [-0.1, -0.05) is 24.0 Å². The molecule has 0 radical (unpaired) electrons. The second kappa shape index (κ2) is 11.0. The van der Waals surface area contributed by atoms with Gasteiger partial charge in [0, 0.05) is 49.6 Å². The van der Waals surface area contributed by atoms with Crippen molar-refractivity contribution in [1.29, 1.82) is 0 Å². The molecule has 1 aromatic heterocycles. The molecule has 186 valence electrons. The highest BCUT2D eigenvalue weighted by molar-refractivity contribution is 6.04. The Morgan fingerprint density at radius 2 is 2.17 bits per heavy atom. The number of carbonyl (C=O) groups excluding carboxylic acids is 2. The lowest BCUT2D eigenvalue weighted by molar-refractivity contribution is -0.117. The minimum absolute atomic E-state index is 0.0291. The van der Waals surface area contributed by atoms with Crippen LogP contribution in [0.3, 0.4) is 0 Å². The summed E-state index contributed by atoms with van der Waals surface area (Å²) in [5.41, 5.74) is 8.88. The van der Waals surface area contributed by atoms with E-state index in [1.807, 2.05) is 48.7 Å². The van der Waals surface area contributed by atoms with Crippen LogP contribution >= 0.6 is 0 Å². The van der Waals surface area contributed by atoms with Crippen LogP contribution in [0.2, 0.25) is 0 Å². The molecule has 2 aromatic carbocycles. The van der Waals surface area contributed by atoms with E-state index in [-0.39, 0.29) is 18.2 Å². The number of nitrogens with two attached hydrogens (primary N) is 1. The Hall–Kier alpha value is -4.20. The molecule has 4 N–H and O–H groups in total. The lowest BCUT2D eigenvalue weighted by Crippen LogP contribution is -2.21. The van der Waals surface area contributed by atoms with Gasteiger partial charge in [0.15, 0.2) is 5.69 Å². The Morgan fingerprint density at radius 3 is 2.92 bits per heavy atom. The Balaban J connectivity index is 1.62. The molecule has 10 nitrogen and oxygen atoms in total. The molecule has 2 atom stereocenters. The van der Waals surface area contributed by atoms with Crippen molar-refractivity contribution in [2.45, 2.75) is 18.4 Å². The van der Waals surface area contributed by atoms with Crippen LogP contribution in [0.5, 0.6) is 0 Å². The summed E-state index contributed by atoms with van der Waals surface area (Å²) in [6, 6.07) is 13.1.